The third-order valence-electron chi connectivity index (χ3n) is 2.86. The van der Waals surface area contributed by atoms with Crippen LogP contribution in [0.15, 0.2) is 41.1 Å². The second kappa shape index (κ2) is 7.79. The van der Waals surface area contributed by atoms with E-state index in [9.17, 15) is 4.79 Å². The molecule has 1 heterocycles. The van der Waals surface area contributed by atoms with E-state index in [1.165, 1.54) is 0 Å². The fourth-order valence-corrected chi connectivity index (χ4v) is 2.39. The molecule has 1 aromatic heterocycles. The van der Waals surface area contributed by atoms with Gasteiger partial charge in [0.25, 0.3) is 5.91 Å². The minimum absolute atomic E-state index is 0.242. The smallest absolute Gasteiger partial charge is 0.255 e. The number of amides is 1. The number of rotatable bonds is 6. The number of methoxy groups -OCH3 is 1. The fourth-order valence-electron chi connectivity index (χ4n) is 1.84. The van der Waals surface area contributed by atoms with Crippen LogP contribution in [-0.4, -0.2) is 24.6 Å². The Morgan fingerprint density at radius 2 is 2.23 bits per heavy atom. The molecule has 0 saturated carbocycles. The number of carbonyl (C=O) groups is 1. The molecule has 1 N–H and O–H groups in total. The summed E-state index contributed by atoms with van der Waals surface area (Å²) in [6.45, 7) is 2.60. The highest BCUT2D eigenvalue weighted by molar-refractivity contribution is 9.10. The maximum absolute atomic E-state index is 12.3. The van der Waals surface area contributed by atoms with Gasteiger partial charge in [-0.2, -0.15) is 0 Å². The molecular weight excluding hydrogens is 348 g/mol. The van der Waals surface area contributed by atoms with Gasteiger partial charge in [0.15, 0.2) is 11.5 Å². The molecule has 5 nitrogen and oxygen atoms in total. The summed E-state index contributed by atoms with van der Waals surface area (Å²) in [5.41, 5.74) is 1.10. The molecule has 1 amide bonds. The zero-order valence-corrected chi connectivity index (χ0v) is 14.0. The number of hydrogen-bond acceptors (Lipinski definition) is 4. The van der Waals surface area contributed by atoms with Crippen molar-refractivity contribution in [2.75, 3.05) is 19.0 Å². The highest BCUT2D eigenvalue weighted by atomic mass is 79.9. The van der Waals surface area contributed by atoms with Crippen molar-refractivity contribution in [3.8, 4) is 11.5 Å². The first-order chi connectivity index (χ1) is 10.7. The van der Waals surface area contributed by atoms with Crippen molar-refractivity contribution in [2.45, 2.75) is 13.3 Å². The van der Waals surface area contributed by atoms with Crippen molar-refractivity contribution in [3.63, 3.8) is 0 Å². The zero-order chi connectivity index (χ0) is 15.9. The van der Waals surface area contributed by atoms with Gasteiger partial charge in [-0.05, 0) is 46.6 Å². The molecule has 0 bridgehead atoms. The average molecular weight is 365 g/mol. The second-order valence-corrected chi connectivity index (χ2v) is 5.39. The molecule has 0 aliphatic carbocycles. The van der Waals surface area contributed by atoms with Gasteiger partial charge in [0, 0.05) is 11.8 Å². The number of hydrogen-bond donors (Lipinski definition) is 1. The van der Waals surface area contributed by atoms with Crippen LogP contribution in [0.4, 0.5) is 5.69 Å². The predicted octanol–water partition coefficient (Wildman–Crippen LogP) is 3.89. The molecule has 0 atom stereocenters. The van der Waals surface area contributed by atoms with E-state index in [0.29, 0.717) is 33.8 Å². The van der Waals surface area contributed by atoms with Crippen molar-refractivity contribution in [1.82, 2.24) is 4.98 Å². The van der Waals surface area contributed by atoms with Crippen LogP contribution >= 0.6 is 15.9 Å². The van der Waals surface area contributed by atoms with E-state index in [2.05, 4.69) is 26.2 Å². The maximum Gasteiger partial charge on any atom is 0.255 e. The highest BCUT2D eigenvalue weighted by Crippen LogP contribution is 2.36. The van der Waals surface area contributed by atoms with E-state index < -0.39 is 0 Å². The van der Waals surface area contributed by atoms with E-state index in [1.807, 2.05) is 6.92 Å². The van der Waals surface area contributed by atoms with Crippen LogP contribution in [0.1, 0.15) is 23.7 Å². The Bertz CT molecular complexity index is 647. The van der Waals surface area contributed by atoms with Crippen molar-refractivity contribution < 1.29 is 14.3 Å². The standard InChI is InChI=1S/C16H17BrN2O3/c1-3-7-22-15-13(17)8-11(9-14(15)21-2)16(20)19-12-5-4-6-18-10-12/h4-6,8-10H,3,7H2,1-2H3,(H,19,20). The summed E-state index contributed by atoms with van der Waals surface area (Å²) in [5.74, 6) is 0.871. The van der Waals surface area contributed by atoms with Crippen molar-refractivity contribution in [3.05, 3.63) is 46.7 Å². The maximum atomic E-state index is 12.3. The number of aromatic nitrogens is 1. The lowest BCUT2D eigenvalue weighted by Gasteiger charge is -2.14. The summed E-state index contributed by atoms with van der Waals surface area (Å²) < 4.78 is 11.6. The van der Waals surface area contributed by atoms with Gasteiger partial charge in [-0.3, -0.25) is 9.78 Å². The number of ether oxygens (including phenoxy) is 2. The molecule has 6 heteroatoms. The summed E-state index contributed by atoms with van der Waals surface area (Å²) in [6.07, 6.45) is 4.12. The monoisotopic (exact) mass is 364 g/mol. The minimum atomic E-state index is -0.242. The third kappa shape index (κ3) is 3.98. The molecule has 1 aromatic carbocycles. The molecule has 22 heavy (non-hydrogen) atoms. The van der Waals surface area contributed by atoms with Gasteiger partial charge in [-0.1, -0.05) is 6.92 Å². The van der Waals surface area contributed by atoms with E-state index in [4.69, 9.17) is 9.47 Å². The summed E-state index contributed by atoms with van der Waals surface area (Å²) in [6, 6.07) is 6.89. The van der Waals surface area contributed by atoms with Crippen LogP contribution in [-0.2, 0) is 0 Å². The first kappa shape index (κ1) is 16.3. The molecule has 0 aliphatic heterocycles. The quantitative estimate of drug-likeness (QED) is 0.844. The molecule has 116 valence electrons. The molecule has 0 unspecified atom stereocenters. The number of carbonyl (C=O) groups excluding carboxylic acids is 1. The molecule has 0 spiro atoms. The lowest BCUT2D eigenvalue weighted by molar-refractivity contribution is 0.102. The SMILES string of the molecule is CCCOc1c(Br)cc(C(=O)Nc2cccnc2)cc1OC. The number of halogens is 1. The summed E-state index contributed by atoms with van der Waals surface area (Å²) >= 11 is 3.43. The lowest BCUT2D eigenvalue weighted by Crippen LogP contribution is -2.12. The summed E-state index contributed by atoms with van der Waals surface area (Å²) in [7, 11) is 1.55. The molecule has 2 rings (SSSR count). The van der Waals surface area contributed by atoms with Crippen molar-refractivity contribution >= 4 is 27.5 Å². The first-order valence-corrected chi connectivity index (χ1v) is 7.66. The average Bonchev–Trinajstić information content (AvgIpc) is 2.54. The summed E-state index contributed by atoms with van der Waals surface area (Å²) in [5, 5.41) is 2.78. The lowest BCUT2D eigenvalue weighted by atomic mass is 10.2. The second-order valence-electron chi connectivity index (χ2n) is 4.53. The predicted molar refractivity (Wildman–Crippen MR) is 88.7 cm³/mol. The fraction of sp³-hybridized carbons (Fsp3) is 0.250. The molecule has 0 aliphatic rings. The Labute approximate surface area is 137 Å². The van der Waals surface area contributed by atoms with Crippen LogP contribution in [0.2, 0.25) is 0 Å². The Balaban J connectivity index is 2.24. The van der Waals surface area contributed by atoms with E-state index >= 15 is 0 Å². The molecule has 0 radical (unpaired) electrons. The van der Waals surface area contributed by atoms with Gasteiger partial charge in [0.05, 0.1) is 30.1 Å². The summed E-state index contributed by atoms with van der Waals surface area (Å²) in [4.78, 5) is 16.3. The van der Waals surface area contributed by atoms with Gasteiger partial charge in [-0.15, -0.1) is 0 Å². The Hall–Kier alpha value is -2.08. The van der Waals surface area contributed by atoms with Crippen molar-refractivity contribution in [2.24, 2.45) is 0 Å². The number of pyridine rings is 1. The van der Waals surface area contributed by atoms with Crippen LogP contribution in [0, 0.1) is 0 Å². The van der Waals surface area contributed by atoms with Gasteiger partial charge in [0.2, 0.25) is 0 Å². The first-order valence-electron chi connectivity index (χ1n) is 6.87. The van der Waals surface area contributed by atoms with Gasteiger partial charge in [-0.25, -0.2) is 0 Å². The Morgan fingerprint density at radius 1 is 1.41 bits per heavy atom. The number of nitrogens with zero attached hydrogens (tertiary/aromatic N) is 1. The normalized spacial score (nSPS) is 10.1. The number of nitrogens with one attached hydrogen (secondary N) is 1. The van der Waals surface area contributed by atoms with E-state index in [-0.39, 0.29) is 5.91 Å². The topological polar surface area (TPSA) is 60.5 Å². The zero-order valence-electron chi connectivity index (χ0n) is 12.4. The van der Waals surface area contributed by atoms with Gasteiger partial charge < -0.3 is 14.8 Å². The number of benzene rings is 1. The van der Waals surface area contributed by atoms with E-state index in [0.717, 1.165) is 6.42 Å². The minimum Gasteiger partial charge on any atom is -0.493 e. The van der Waals surface area contributed by atoms with Crippen LogP contribution in [0.25, 0.3) is 0 Å². The molecule has 2 aromatic rings. The van der Waals surface area contributed by atoms with Crippen LogP contribution < -0.4 is 14.8 Å². The Morgan fingerprint density at radius 3 is 2.86 bits per heavy atom. The molecular formula is C16H17BrN2O3. The molecule has 0 fully saturated rings. The largest absolute Gasteiger partial charge is 0.493 e. The third-order valence-corrected chi connectivity index (χ3v) is 3.45. The number of anilines is 1. The Kier molecular flexibility index (Phi) is 5.77. The van der Waals surface area contributed by atoms with Gasteiger partial charge in [0.1, 0.15) is 0 Å². The van der Waals surface area contributed by atoms with Crippen LogP contribution in [0.3, 0.4) is 0 Å². The van der Waals surface area contributed by atoms with Crippen molar-refractivity contribution in [1.29, 1.82) is 0 Å². The molecule has 0 saturated heterocycles. The van der Waals surface area contributed by atoms with Crippen LogP contribution in [0.5, 0.6) is 11.5 Å². The van der Waals surface area contributed by atoms with E-state index in [1.54, 1.807) is 43.8 Å². The van der Waals surface area contributed by atoms with Gasteiger partial charge >= 0.3 is 0 Å². The highest BCUT2D eigenvalue weighted by Gasteiger charge is 2.15.